The maximum atomic E-state index is 13.6. The van der Waals surface area contributed by atoms with E-state index in [4.69, 9.17) is 5.11 Å². The van der Waals surface area contributed by atoms with Crippen LogP contribution < -0.4 is 5.32 Å². The molecule has 3 N–H and O–H groups in total. The van der Waals surface area contributed by atoms with Crippen molar-refractivity contribution < 1.29 is 24.2 Å². The Balaban J connectivity index is 3.00. The lowest BCUT2D eigenvalue weighted by Gasteiger charge is -2.30. The van der Waals surface area contributed by atoms with Gasteiger partial charge in [0.15, 0.2) is 0 Å². The van der Waals surface area contributed by atoms with Crippen LogP contribution in [-0.2, 0) is 4.79 Å². The monoisotopic (exact) mass is 283 g/mol. The molecule has 1 aromatic rings. The molecule has 1 atom stereocenters. The predicted octanol–water partition coefficient (Wildman–Crippen LogP) is 2.15. The zero-order chi connectivity index (χ0) is 15.5. The van der Waals surface area contributed by atoms with Crippen molar-refractivity contribution in [2.24, 2.45) is 5.41 Å². The van der Waals surface area contributed by atoms with Crippen molar-refractivity contribution in [3.63, 3.8) is 0 Å². The number of aliphatic carboxylic acids is 1. The number of aromatic hydroxyl groups is 1. The Morgan fingerprint density at radius 1 is 1.35 bits per heavy atom. The standard InChI is InChI=1S/C14H18FNO4/c1-14(2,3)10(7-11(18)19)16-13(20)12-8(15)5-4-6-9(12)17/h4-6,10,17H,7H2,1-3H3,(H,16,20)(H,18,19). The number of benzene rings is 1. The Morgan fingerprint density at radius 3 is 2.40 bits per heavy atom. The number of phenolic OH excluding ortho intramolecular Hbond substituents is 1. The number of amides is 1. The minimum absolute atomic E-state index is 0.287. The molecular weight excluding hydrogens is 265 g/mol. The second kappa shape index (κ2) is 5.90. The first-order valence-corrected chi connectivity index (χ1v) is 6.13. The molecule has 0 aliphatic rings. The van der Waals surface area contributed by atoms with E-state index in [-0.39, 0.29) is 6.42 Å². The Bertz CT molecular complexity index is 502. The molecule has 20 heavy (non-hydrogen) atoms. The molecule has 5 nitrogen and oxygen atoms in total. The van der Waals surface area contributed by atoms with Crippen molar-refractivity contribution in [1.29, 1.82) is 0 Å². The highest BCUT2D eigenvalue weighted by atomic mass is 19.1. The predicted molar refractivity (Wildman–Crippen MR) is 71.0 cm³/mol. The summed E-state index contributed by atoms with van der Waals surface area (Å²) in [5, 5.41) is 20.9. The van der Waals surface area contributed by atoms with Gasteiger partial charge in [0.05, 0.1) is 6.42 Å². The van der Waals surface area contributed by atoms with Gasteiger partial charge in [0.2, 0.25) is 0 Å². The van der Waals surface area contributed by atoms with Crippen LogP contribution in [0.5, 0.6) is 5.75 Å². The average Bonchev–Trinajstić information content (AvgIpc) is 2.25. The molecule has 0 radical (unpaired) electrons. The number of carboxylic acid groups (broad SMARTS) is 1. The maximum Gasteiger partial charge on any atom is 0.305 e. The Morgan fingerprint density at radius 2 is 1.95 bits per heavy atom. The molecule has 0 aliphatic heterocycles. The van der Waals surface area contributed by atoms with Gasteiger partial charge in [-0.1, -0.05) is 26.8 Å². The van der Waals surface area contributed by atoms with Gasteiger partial charge < -0.3 is 15.5 Å². The number of carbonyl (C=O) groups is 2. The lowest BCUT2D eigenvalue weighted by atomic mass is 9.84. The topological polar surface area (TPSA) is 86.6 Å². The van der Waals surface area contributed by atoms with Crippen LogP contribution in [0, 0.1) is 11.2 Å². The van der Waals surface area contributed by atoms with Crippen LogP contribution in [0.2, 0.25) is 0 Å². The number of halogens is 1. The van der Waals surface area contributed by atoms with Crippen LogP contribution in [0.15, 0.2) is 18.2 Å². The van der Waals surface area contributed by atoms with E-state index in [1.165, 1.54) is 12.1 Å². The van der Waals surface area contributed by atoms with E-state index >= 15 is 0 Å². The Kier molecular flexibility index (Phi) is 4.70. The minimum atomic E-state index is -1.07. The Labute approximate surface area is 116 Å². The highest BCUT2D eigenvalue weighted by molar-refractivity contribution is 5.97. The largest absolute Gasteiger partial charge is 0.507 e. The van der Waals surface area contributed by atoms with E-state index in [9.17, 15) is 19.1 Å². The summed E-state index contributed by atoms with van der Waals surface area (Å²) >= 11 is 0. The van der Waals surface area contributed by atoms with Gasteiger partial charge in [-0.3, -0.25) is 9.59 Å². The lowest BCUT2D eigenvalue weighted by Crippen LogP contribution is -2.45. The molecule has 0 heterocycles. The van der Waals surface area contributed by atoms with E-state index < -0.39 is 40.5 Å². The first kappa shape index (κ1) is 15.9. The van der Waals surface area contributed by atoms with Crippen molar-refractivity contribution >= 4 is 11.9 Å². The second-order valence-electron chi connectivity index (χ2n) is 5.62. The normalized spacial score (nSPS) is 12.8. The van der Waals surface area contributed by atoms with Crippen molar-refractivity contribution in [2.75, 3.05) is 0 Å². The molecule has 0 aliphatic carbocycles. The number of hydrogen-bond acceptors (Lipinski definition) is 3. The molecule has 110 valence electrons. The zero-order valence-electron chi connectivity index (χ0n) is 11.6. The summed E-state index contributed by atoms with van der Waals surface area (Å²) in [5.41, 5.74) is -0.998. The van der Waals surface area contributed by atoms with Gasteiger partial charge in [0.25, 0.3) is 5.91 Å². The van der Waals surface area contributed by atoms with Crippen LogP contribution >= 0.6 is 0 Å². The number of hydrogen-bond donors (Lipinski definition) is 3. The summed E-state index contributed by atoms with van der Waals surface area (Å²) in [4.78, 5) is 22.9. The molecule has 0 spiro atoms. The van der Waals surface area contributed by atoms with Crippen molar-refractivity contribution in [1.82, 2.24) is 5.32 Å². The number of rotatable bonds is 4. The van der Waals surface area contributed by atoms with Gasteiger partial charge in [-0.2, -0.15) is 0 Å². The Hall–Kier alpha value is -2.11. The maximum absolute atomic E-state index is 13.6. The second-order valence-corrected chi connectivity index (χ2v) is 5.62. The summed E-state index contributed by atoms with van der Waals surface area (Å²) in [6.07, 6.45) is -0.287. The highest BCUT2D eigenvalue weighted by Gasteiger charge is 2.30. The van der Waals surface area contributed by atoms with Crippen LogP contribution in [0.4, 0.5) is 4.39 Å². The fourth-order valence-electron chi connectivity index (χ4n) is 1.72. The summed E-state index contributed by atoms with van der Waals surface area (Å²) in [6.45, 7) is 5.30. The molecule has 6 heteroatoms. The van der Waals surface area contributed by atoms with Gasteiger partial charge in [-0.25, -0.2) is 4.39 Å². The summed E-state index contributed by atoms with van der Waals surface area (Å²) < 4.78 is 13.6. The van der Waals surface area contributed by atoms with Gasteiger partial charge in [0, 0.05) is 6.04 Å². The van der Waals surface area contributed by atoms with E-state index in [1.807, 2.05) is 0 Å². The summed E-state index contributed by atoms with van der Waals surface area (Å²) in [6, 6.07) is 2.84. The summed E-state index contributed by atoms with van der Waals surface area (Å²) in [5.74, 6) is -3.24. The van der Waals surface area contributed by atoms with Gasteiger partial charge >= 0.3 is 5.97 Å². The quantitative estimate of drug-likeness (QED) is 0.790. The summed E-state index contributed by atoms with van der Waals surface area (Å²) in [7, 11) is 0. The van der Waals surface area contributed by atoms with E-state index in [1.54, 1.807) is 20.8 Å². The SMILES string of the molecule is CC(C)(C)C(CC(=O)O)NC(=O)c1c(O)cccc1F. The van der Waals surface area contributed by atoms with Crippen molar-refractivity contribution in [3.8, 4) is 5.75 Å². The smallest absolute Gasteiger partial charge is 0.305 e. The first-order valence-electron chi connectivity index (χ1n) is 6.13. The molecule has 0 saturated heterocycles. The zero-order valence-corrected chi connectivity index (χ0v) is 11.6. The third-order valence-electron chi connectivity index (χ3n) is 2.95. The van der Waals surface area contributed by atoms with Gasteiger partial charge in [0.1, 0.15) is 17.1 Å². The number of carboxylic acids is 1. The molecular formula is C14H18FNO4. The average molecular weight is 283 g/mol. The van der Waals surface area contributed by atoms with Crippen molar-refractivity contribution in [3.05, 3.63) is 29.6 Å². The van der Waals surface area contributed by atoms with E-state index in [0.29, 0.717) is 0 Å². The number of nitrogens with one attached hydrogen (secondary N) is 1. The molecule has 1 amide bonds. The van der Waals surface area contributed by atoms with Crippen LogP contribution in [0.3, 0.4) is 0 Å². The van der Waals surface area contributed by atoms with Crippen LogP contribution in [-0.4, -0.2) is 28.1 Å². The lowest BCUT2D eigenvalue weighted by molar-refractivity contribution is -0.138. The molecule has 0 fully saturated rings. The first-order chi connectivity index (χ1) is 9.12. The molecule has 1 rings (SSSR count). The third kappa shape index (κ3) is 3.94. The van der Waals surface area contributed by atoms with E-state index in [2.05, 4.69) is 5.32 Å². The van der Waals surface area contributed by atoms with Crippen LogP contribution in [0.25, 0.3) is 0 Å². The molecule has 1 aromatic carbocycles. The van der Waals surface area contributed by atoms with Crippen LogP contribution in [0.1, 0.15) is 37.6 Å². The molecule has 0 bridgehead atoms. The van der Waals surface area contributed by atoms with Gasteiger partial charge in [-0.05, 0) is 17.5 Å². The molecule has 0 aromatic heterocycles. The van der Waals surface area contributed by atoms with Crippen molar-refractivity contribution in [2.45, 2.75) is 33.2 Å². The molecule has 1 unspecified atom stereocenters. The molecule has 0 saturated carbocycles. The number of phenols is 1. The third-order valence-corrected chi connectivity index (χ3v) is 2.95. The fraction of sp³-hybridized carbons (Fsp3) is 0.429. The van der Waals surface area contributed by atoms with Gasteiger partial charge in [-0.15, -0.1) is 0 Å². The highest BCUT2D eigenvalue weighted by Crippen LogP contribution is 2.24. The fourth-order valence-corrected chi connectivity index (χ4v) is 1.72. The number of carbonyl (C=O) groups excluding carboxylic acids is 1. The van der Waals surface area contributed by atoms with E-state index in [0.717, 1.165) is 6.07 Å². The minimum Gasteiger partial charge on any atom is -0.507 e.